The molecule has 0 aromatic carbocycles. The number of nitrogens with two attached hydrogens (primary N) is 1. The van der Waals surface area contributed by atoms with E-state index in [4.69, 9.17) is 5.73 Å². The summed E-state index contributed by atoms with van der Waals surface area (Å²) in [6, 6.07) is 1.91. The third kappa shape index (κ3) is 4.60. The van der Waals surface area contributed by atoms with Crippen LogP contribution in [0.2, 0.25) is 0 Å². The molecule has 1 heterocycles. The van der Waals surface area contributed by atoms with Gasteiger partial charge in [0.05, 0.1) is 5.56 Å². The van der Waals surface area contributed by atoms with Crippen molar-refractivity contribution < 1.29 is 13.2 Å². The molecule has 17 heavy (non-hydrogen) atoms. The van der Waals surface area contributed by atoms with E-state index in [1.165, 1.54) is 0 Å². The molecule has 0 fully saturated rings. The van der Waals surface area contributed by atoms with Gasteiger partial charge in [0.2, 0.25) is 0 Å². The number of rotatable bonds is 4. The van der Waals surface area contributed by atoms with E-state index in [1.54, 1.807) is 0 Å². The smallest absolute Gasteiger partial charge is 0.368 e. The van der Waals surface area contributed by atoms with Crippen molar-refractivity contribution in [3.63, 3.8) is 0 Å². The van der Waals surface area contributed by atoms with Crippen molar-refractivity contribution in [1.29, 1.82) is 0 Å². The van der Waals surface area contributed by atoms with Crippen molar-refractivity contribution in [2.75, 3.05) is 5.32 Å². The van der Waals surface area contributed by atoms with Crippen LogP contribution < -0.4 is 11.1 Å². The van der Waals surface area contributed by atoms with Gasteiger partial charge in [0.1, 0.15) is 5.82 Å². The summed E-state index contributed by atoms with van der Waals surface area (Å²) in [4.78, 5) is 3.85. The maximum Gasteiger partial charge on any atom is 0.416 e. The van der Waals surface area contributed by atoms with Crippen LogP contribution in [0.3, 0.4) is 0 Å². The number of aromatic nitrogens is 1. The second-order valence-corrected chi connectivity index (χ2v) is 4.19. The van der Waals surface area contributed by atoms with Crippen LogP contribution in [0.25, 0.3) is 0 Å². The van der Waals surface area contributed by atoms with Gasteiger partial charge in [0, 0.05) is 18.3 Å². The Balaban J connectivity index is 2.72. The summed E-state index contributed by atoms with van der Waals surface area (Å²) >= 11 is 0. The molecule has 1 rings (SSSR count). The monoisotopic (exact) mass is 247 g/mol. The zero-order valence-electron chi connectivity index (χ0n) is 9.75. The van der Waals surface area contributed by atoms with E-state index in [9.17, 15) is 13.2 Å². The Morgan fingerprint density at radius 1 is 1.41 bits per heavy atom. The number of nitrogens with zero attached hydrogens (tertiary/aromatic N) is 1. The Labute approximate surface area is 98.2 Å². The molecule has 96 valence electrons. The lowest BCUT2D eigenvalue weighted by Gasteiger charge is -2.17. The van der Waals surface area contributed by atoms with Crippen LogP contribution in [-0.4, -0.2) is 17.1 Å². The molecule has 0 aliphatic carbocycles. The van der Waals surface area contributed by atoms with Gasteiger partial charge in [-0.05, 0) is 32.4 Å². The topological polar surface area (TPSA) is 50.9 Å². The summed E-state index contributed by atoms with van der Waals surface area (Å²) in [6.07, 6.45) is -2.54. The fraction of sp³-hybridized carbons (Fsp3) is 0.545. The third-order valence-electron chi connectivity index (χ3n) is 2.21. The second kappa shape index (κ2) is 5.35. The van der Waals surface area contributed by atoms with Gasteiger partial charge in [-0.1, -0.05) is 0 Å². The average molecular weight is 247 g/mol. The molecule has 3 nitrogen and oxygen atoms in total. The Bertz CT molecular complexity index is 363. The molecule has 0 aliphatic heterocycles. The number of hydrogen-bond acceptors (Lipinski definition) is 3. The van der Waals surface area contributed by atoms with Crippen LogP contribution in [0, 0.1) is 0 Å². The van der Waals surface area contributed by atoms with Crippen LogP contribution in [-0.2, 0) is 6.18 Å². The van der Waals surface area contributed by atoms with Gasteiger partial charge in [-0.15, -0.1) is 0 Å². The minimum Gasteiger partial charge on any atom is -0.368 e. The van der Waals surface area contributed by atoms with Gasteiger partial charge in [-0.25, -0.2) is 4.98 Å². The van der Waals surface area contributed by atoms with Gasteiger partial charge >= 0.3 is 6.18 Å². The van der Waals surface area contributed by atoms with Crippen molar-refractivity contribution >= 4 is 5.82 Å². The van der Waals surface area contributed by atoms with E-state index in [2.05, 4.69) is 10.3 Å². The molecule has 0 saturated carbocycles. The molecule has 0 amide bonds. The highest BCUT2D eigenvalue weighted by molar-refractivity contribution is 5.39. The average Bonchev–Trinajstić information content (AvgIpc) is 2.15. The van der Waals surface area contributed by atoms with Gasteiger partial charge in [-0.2, -0.15) is 13.2 Å². The number of anilines is 1. The predicted octanol–water partition coefficient (Wildman–Crippen LogP) is 2.64. The van der Waals surface area contributed by atoms with Crippen molar-refractivity contribution in [1.82, 2.24) is 4.98 Å². The molecule has 1 aromatic rings. The van der Waals surface area contributed by atoms with Crippen molar-refractivity contribution in [2.45, 2.75) is 38.5 Å². The molecule has 0 spiro atoms. The zero-order valence-corrected chi connectivity index (χ0v) is 9.75. The summed E-state index contributed by atoms with van der Waals surface area (Å²) in [5.74, 6) is 0.216. The van der Waals surface area contributed by atoms with E-state index < -0.39 is 11.7 Å². The lowest BCUT2D eigenvalue weighted by Crippen LogP contribution is -2.26. The van der Waals surface area contributed by atoms with E-state index in [-0.39, 0.29) is 17.9 Å². The third-order valence-corrected chi connectivity index (χ3v) is 2.21. The Morgan fingerprint density at radius 3 is 2.59 bits per heavy atom. The van der Waals surface area contributed by atoms with E-state index in [1.807, 2.05) is 13.8 Å². The number of nitrogens with one attached hydrogen (secondary N) is 1. The van der Waals surface area contributed by atoms with Crippen molar-refractivity contribution in [3.8, 4) is 0 Å². The van der Waals surface area contributed by atoms with Crippen LogP contribution in [0.15, 0.2) is 18.3 Å². The number of alkyl halides is 3. The van der Waals surface area contributed by atoms with Crippen LogP contribution in [0.5, 0.6) is 0 Å². The standard InChI is InChI=1S/C11H16F3N3/c1-7(15)5-8(2)17-10-6-9(3-4-16-10)11(12,13)14/h3-4,6-8H,5,15H2,1-2H3,(H,16,17). The Hall–Kier alpha value is -1.30. The first-order valence-electron chi connectivity index (χ1n) is 5.34. The zero-order chi connectivity index (χ0) is 13.1. The molecule has 0 bridgehead atoms. The Morgan fingerprint density at radius 2 is 2.06 bits per heavy atom. The predicted molar refractivity (Wildman–Crippen MR) is 60.6 cm³/mol. The maximum absolute atomic E-state index is 12.4. The lowest BCUT2D eigenvalue weighted by molar-refractivity contribution is -0.137. The second-order valence-electron chi connectivity index (χ2n) is 4.19. The van der Waals surface area contributed by atoms with E-state index in [0.717, 1.165) is 18.3 Å². The molecule has 6 heteroatoms. The first-order chi connectivity index (χ1) is 7.79. The molecular weight excluding hydrogens is 231 g/mol. The quantitative estimate of drug-likeness (QED) is 0.860. The summed E-state index contributed by atoms with van der Waals surface area (Å²) in [7, 11) is 0. The lowest BCUT2D eigenvalue weighted by atomic mass is 10.1. The number of pyridine rings is 1. The van der Waals surface area contributed by atoms with Gasteiger partial charge in [0.25, 0.3) is 0 Å². The summed E-state index contributed by atoms with van der Waals surface area (Å²) in [5.41, 5.74) is 4.90. The van der Waals surface area contributed by atoms with Crippen LogP contribution >= 0.6 is 0 Å². The van der Waals surface area contributed by atoms with E-state index in [0.29, 0.717) is 6.42 Å². The van der Waals surface area contributed by atoms with Crippen LogP contribution in [0.1, 0.15) is 25.8 Å². The maximum atomic E-state index is 12.4. The fourth-order valence-corrected chi connectivity index (χ4v) is 1.55. The highest BCUT2D eigenvalue weighted by Gasteiger charge is 2.30. The molecule has 2 unspecified atom stereocenters. The van der Waals surface area contributed by atoms with Gasteiger partial charge in [-0.3, -0.25) is 0 Å². The van der Waals surface area contributed by atoms with Gasteiger partial charge < -0.3 is 11.1 Å². The molecule has 1 aromatic heterocycles. The summed E-state index contributed by atoms with van der Waals surface area (Å²) in [6.45, 7) is 3.70. The fourth-order valence-electron chi connectivity index (χ4n) is 1.55. The minimum atomic E-state index is -4.34. The van der Waals surface area contributed by atoms with E-state index >= 15 is 0 Å². The minimum absolute atomic E-state index is 0.0108. The molecule has 3 N–H and O–H groups in total. The highest BCUT2D eigenvalue weighted by atomic mass is 19.4. The molecule has 0 aliphatic rings. The number of halogens is 3. The summed E-state index contributed by atoms with van der Waals surface area (Å²) < 4.78 is 37.3. The van der Waals surface area contributed by atoms with Crippen molar-refractivity contribution in [3.05, 3.63) is 23.9 Å². The first kappa shape index (κ1) is 13.8. The SMILES string of the molecule is CC(N)CC(C)Nc1cc(C(F)(F)F)ccn1. The normalized spacial score (nSPS) is 15.4. The summed E-state index contributed by atoms with van der Waals surface area (Å²) in [5, 5.41) is 2.89. The Kier molecular flexibility index (Phi) is 4.34. The molecule has 0 radical (unpaired) electrons. The molecule has 0 saturated heterocycles. The largest absolute Gasteiger partial charge is 0.416 e. The van der Waals surface area contributed by atoms with Crippen LogP contribution in [0.4, 0.5) is 19.0 Å². The molecule has 2 atom stereocenters. The number of hydrogen-bond donors (Lipinski definition) is 2. The molecular formula is C11H16F3N3. The van der Waals surface area contributed by atoms with Crippen molar-refractivity contribution in [2.24, 2.45) is 5.73 Å². The highest BCUT2D eigenvalue weighted by Crippen LogP contribution is 2.30. The van der Waals surface area contributed by atoms with Gasteiger partial charge in [0.15, 0.2) is 0 Å². The first-order valence-corrected chi connectivity index (χ1v) is 5.34.